The van der Waals surface area contributed by atoms with E-state index in [-0.39, 0.29) is 5.97 Å². The molecule has 18 heavy (non-hydrogen) atoms. The Hall–Kier alpha value is -0.870. The van der Waals surface area contributed by atoms with Gasteiger partial charge in [0.1, 0.15) is 5.60 Å². The smallest absolute Gasteiger partial charge is 0.320 e. The molecule has 1 heterocycles. The van der Waals surface area contributed by atoms with Gasteiger partial charge >= 0.3 is 5.97 Å². The number of benzene rings is 1. The van der Waals surface area contributed by atoms with Gasteiger partial charge in [0.15, 0.2) is 0 Å². The lowest BCUT2D eigenvalue weighted by molar-refractivity contribution is -0.156. The lowest BCUT2D eigenvalue weighted by atomic mass is 10.1. The highest BCUT2D eigenvalue weighted by Gasteiger charge is 2.23. The molecule has 0 unspecified atom stereocenters. The number of hydrogen-bond donors (Lipinski definition) is 0. The van der Waals surface area contributed by atoms with Gasteiger partial charge in [-0.1, -0.05) is 22.0 Å². The fraction of sp³-hybridized carbons (Fsp3) is 0.500. The van der Waals surface area contributed by atoms with Gasteiger partial charge < -0.3 is 4.74 Å². The quantitative estimate of drug-likeness (QED) is 0.786. The van der Waals surface area contributed by atoms with Crippen molar-refractivity contribution in [3.8, 4) is 0 Å². The Morgan fingerprint density at radius 1 is 1.33 bits per heavy atom. The maximum atomic E-state index is 11.8. The molecule has 0 saturated heterocycles. The van der Waals surface area contributed by atoms with E-state index >= 15 is 0 Å². The van der Waals surface area contributed by atoms with Crippen molar-refractivity contribution in [2.24, 2.45) is 0 Å². The van der Waals surface area contributed by atoms with Crippen LogP contribution in [0.4, 0.5) is 0 Å². The maximum absolute atomic E-state index is 11.8. The predicted octanol–water partition coefficient (Wildman–Crippen LogP) is 3.11. The molecule has 3 nitrogen and oxygen atoms in total. The van der Waals surface area contributed by atoms with E-state index in [0.717, 1.165) is 17.6 Å². The standard InChI is InChI=1S/C14H18BrNO2/c1-14(2,3)18-13(17)9-16-7-10-4-5-12(15)6-11(10)8-16/h4-6H,7-9H2,1-3H3. The minimum absolute atomic E-state index is 0.158. The second-order valence-electron chi connectivity index (χ2n) is 5.64. The molecule has 0 spiro atoms. The third kappa shape index (κ3) is 3.56. The summed E-state index contributed by atoms with van der Waals surface area (Å²) in [6.07, 6.45) is 0. The monoisotopic (exact) mass is 311 g/mol. The fourth-order valence-corrected chi connectivity index (χ4v) is 2.51. The van der Waals surface area contributed by atoms with Crippen molar-refractivity contribution in [3.05, 3.63) is 33.8 Å². The first-order chi connectivity index (χ1) is 8.33. The summed E-state index contributed by atoms with van der Waals surface area (Å²) in [5.74, 6) is -0.158. The molecule has 0 fully saturated rings. The van der Waals surface area contributed by atoms with Crippen LogP contribution in [0.5, 0.6) is 0 Å². The van der Waals surface area contributed by atoms with E-state index < -0.39 is 5.60 Å². The summed E-state index contributed by atoms with van der Waals surface area (Å²) in [5, 5.41) is 0. The zero-order valence-corrected chi connectivity index (χ0v) is 12.6. The lowest BCUT2D eigenvalue weighted by Crippen LogP contribution is -2.32. The summed E-state index contributed by atoms with van der Waals surface area (Å²) in [6, 6.07) is 6.26. The van der Waals surface area contributed by atoms with Crippen LogP contribution >= 0.6 is 15.9 Å². The van der Waals surface area contributed by atoms with Crippen LogP contribution in [0.2, 0.25) is 0 Å². The largest absolute Gasteiger partial charge is 0.459 e. The molecular weight excluding hydrogens is 294 g/mol. The molecular formula is C14H18BrNO2. The second kappa shape index (κ2) is 5.02. The molecule has 2 rings (SSSR count). The molecule has 0 atom stereocenters. The normalized spacial score (nSPS) is 15.6. The molecule has 0 amide bonds. The van der Waals surface area contributed by atoms with Gasteiger partial charge in [0, 0.05) is 17.6 Å². The van der Waals surface area contributed by atoms with Gasteiger partial charge in [-0.15, -0.1) is 0 Å². The van der Waals surface area contributed by atoms with Crippen LogP contribution < -0.4 is 0 Å². The van der Waals surface area contributed by atoms with E-state index in [1.165, 1.54) is 11.1 Å². The highest BCUT2D eigenvalue weighted by Crippen LogP contribution is 2.25. The Bertz CT molecular complexity index is 465. The number of carbonyl (C=O) groups excluding carboxylic acids is 1. The molecule has 0 bridgehead atoms. The van der Waals surface area contributed by atoms with Crippen LogP contribution in [0.1, 0.15) is 31.9 Å². The first-order valence-corrected chi connectivity index (χ1v) is 6.84. The van der Waals surface area contributed by atoms with Gasteiger partial charge in [-0.25, -0.2) is 0 Å². The van der Waals surface area contributed by atoms with Crippen LogP contribution in [0.25, 0.3) is 0 Å². The van der Waals surface area contributed by atoms with Crippen molar-refractivity contribution in [2.75, 3.05) is 6.54 Å². The van der Waals surface area contributed by atoms with E-state index in [1.54, 1.807) is 0 Å². The number of rotatable bonds is 2. The minimum Gasteiger partial charge on any atom is -0.459 e. The van der Waals surface area contributed by atoms with Crippen LogP contribution in [0, 0.1) is 0 Å². The Morgan fingerprint density at radius 2 is 2.00 bits per heavy atom. The number of fused-ring (bicyclic) bond motifs is 1. The average Bonchev–Trinajstić information content (AvgIpc) is 2.55. The molecule has 4 heteroatoms. The van der Waals surface area contributed by atoms with Crippen LogP contribution in [-0.2, 0) is 22.6 Å². The van der Waals surface area contributed by atoms with Gasteiger partial charge in [-0.05, 0) is 44.0 Å². The summed E-state index contributed by atoms with van der Waals surface area (Å²) < 4.78 is 6.42. The van der Waals surface area contributed by atoms with E-state index in [1.807, 2.05) is 26.8 Å². The summed E-state index contributed by atoms with van der Waals surface area (Å²) in [6.45, 7) is 7.65. The van der Waals surface area contributed by atoms with E-state index in [9.17, 15) is 4.79 Å². The molecule has 98 valence electrons. The van der Waals surface area contributed by atoms with Gasteiger partial charge in [-0.3, -0.25) is 9.69 Å². The highest BCUT2D eigenvalue weighted by molar-refractivity contribution is 9.10. The Morgan fingerprint density at radius 3 is 2.67 bits per heavy atom. The minimum atomic E-state index is -0.410. The van der Waals surface area contributed by atoms with Crippen molar-refractivity contribution in [1.82, 2.24) is 4.90 Å². The molecule has 1 aromatic rings. The van der Waals surface area contributed by atoms with Gasteiger partial charge in [-0.2, -0.15) is 0 Å². The van der Waals surface area contributed by atoms with E-state index in [4.69, 9.17) is 4.74 Å². The third-order valence-electron chi connectivity index (χ3n) is 2.73. The maximum Gasteiger partial charge on any atom is 0.320 e. The zero-order chi connectivity index (χ0) is 13.3. The molecule has 0 saturated carbocycles. The van der Waals surface area contributed by atoms with Crippen LogP contribution in [0.15, 0.2) is 22.7 Å². The first kappa shape index (κ1) is 13.6. The number of carbonyl (C=O) groups is 1. The van der Waals surface area contributed by atoms with Crippen molar-refractivity contribution in [3.63, 3.8) is 0 Å². The number of esters is 1. The molecule has 0 N–H and O–H groups in total. The highest BCUT2D eigenvalue weighted by atomic mass is 79.9. The topological polar surface area (TPSA) is 29.5 Å². The molecule has 1 aromatic carbocycles. The molecule has 1 aliphatic heterocycles. The number of hydrogen-bond acceptors (Lipinski definition) is 3. The second-order valence-corrected chi connectivity index (χ2v) is 6.56. The van der Waals surface area contributed by atoms with E-state index in [2.05, 4.69) is 33.0 Å². The Balaban J connectivity index is 1.94. The van der Waals surface area contributed by atoms with Gasteiger partial charge in [0.2, 0.25) is 0 Å². The average molecular weight is 312 g/mol. The summed E-state index contributed by atoms with van der Waals surface area (Å²) in [4.78, 5) is 13.9. The van der Waals surface area contributed by atoms with E-state index in [0.29, 0.717) is 6.54 Å². The SMILES string of the molecule is CC(C)(C)OC(=O)CN1Cc2ccc(Br)cc2C1. The first-order valence-electron chi connectivity index (χ1n) is 6.05. The summed E-state index contributed by atoms with van der Waals surface area (Å²) in [5.41, 5.74) is 2.17. The summed E-state index contributed by atoms with van der Waals surface area (Å²) in [7, 11) is 0. The van der Waals surface area contributed by atoms with Gasteiger partial charge in [0.05, 0.1) is 6.54 Å². The van der Waals surface area contributed by atoms with Crippen LogP contribution in [0.3, 0.4) is 0 Å². The van der Waals surface area contributed by atoms with Crippen LogP contribution in [-0.4, -0.2) is 23.0 Å². The summed E-state index contributed by atoms with van der Waals surface area (Å²) >= 11 is 3.47. The molecule has 0 aromatic heterocycles. The van der Waals surface area contributed by atoms with Crippen molar-refractivity contribution >= 4 is 21.9 Å². The van der Waals surface area contributed by atoms with Gasteiger partial charge in [0.25, 0.3) is 0 Å². The van der Waals surface area contributed by atoms with Crippen molar-refractivity contribution < 1.29 is 9.53 Å². The fourth-order valence-electron chi connectivity index (χ4n) is 2.10. The molecule has 0 aliphatic carbocycles. The lowest BCUT2D eigenvalue weighted by Gasteiger charge is -2.22. The van der Waals surface area contributed by atoms with Crippen molar-refractivity contribution in [1.29, 1.82) is 0 Å². The number of ether oxygens (including phenoxy) is 1. The Labute approximate surface area is 116 Å². The Kier molecular flexibility index (Phi) is 3.78. The third-order valence-corrected chi connectivity index (χ3v) is 3.22. The number of nitrogens with zero attached hydrogens (tertiary/aromatic N) is 1. The molecule has 1 aliphatic rings. The zero-order valence-electron chi connectivity index (χ0n) is 11.0. The predicted molar refractivity (Wildman–Crippen MR) is 74.1 cm³/mol. The molecule has 0 radical (unpaired) electrons. The van der Waals surface area contributed by atoms with Crippen molar-refractivity contribution in [2.45, 2.75) is 39.5 Å². The number of halogens is 1.